The van der Waals surface area contributed by atoms with Gasteiger partial charge in [-0.15, -0.1) is 28.1 Å². The van der Waals surface area contributed by atoms with Crippen LogP contribution in [0.15, 0.2) is 59.6 Å². The Kier molecular flexibility index (Phi) is 5.72. The van der Waals surface area contributed by atoms with Crippen molar-refractivity contribution in [2.75, 3.05) is 12.9 Å². The summed E-state index contributed by atoms with van der Waals surface area (Å²) < 4.78 is 7.55. The van der Waals surface area contributed by atoms with E-state index in [9.17, 15) is 0 Å². The summed E-state index contributed by atoms with van der Waals surface area (Å²) in [6, 6.07) is 12.1. The first kappa shape index (κ1) is 16.8. The molecule has 1 aromatic carbocycles. The molecule has 0 bridgehead atoms. The van der Waals surface area contributed by atoms with Gasteiger partial charge in [-0.05, 0) is 30.0 Å². The van der Waals surface area contributed by atoms with Crippen LogP contribution in [0.3, 0.4) is 0 Å². The van der Waals surface area contributed by atoms with Crippen LogP contribution in [-0.2, 0) is 13.0 Å². The number of hydrogen-bond acceptors (Lipinski definition) is 5. The number of para-hydroxylation sites is 1. The molecule has 0 aliphatic carbocycles. The topological polar surface area (TPSA) is 39.9 Å². The Morgan fingerprint density at radius 2 is 2.12 bits per heavy atom. The van der Waals surface area contributed by atoms with Crippen molar-refractivity contribution in [2.24, 2.45) is 0 Å². The van der Waals surface area contributed by atoms with Gasteiger partial charge >= 0.3 is 0 Å². The van der Waals surface area contributed by atoms with E-state index in [0.717, 1.165) is 34.5 Å². The molecule has 0 N–H and O–H groups in total. The van der Waals surface area contributed by atoms with E-state index >= 15 is 0 Å². The Labute approximate surface area is 150 Å². The summed E-state index contributed by atoms with van der Waals surface area (Å²) in [6.45, 7) is 4.53. The number of benzene rings is 1. The summed E-state index contributed by atoms with van der Waals surface area (Å²) in [5.41, 5.74) is 0.944. The van der Waals surface area contributed by atoms with E-state index in [-0.39, 0.29) is 0 Å². The van der Waals surface area contributed by atoms with Gasteiger partial charge in [0.2, 0.25) is 0 Å². The highest BCUT2D eigenvalue weighted by Crippen LogP contribution is 2.31. The average molecular weight is 358 g/mol. The summed E-state index contributed by atoms with van der Waals surface area (Å²) in [6.07, 6.45) is 2.90. The van der Waals surface area contributed by atoms with E-state index in [2.05, 4.69) is 38.9 Å². The molecule has 3 rings (SSSR count). The van der Waals surface area contributed by atoms with Crippen molar-refractivity contribution < 1.29 is 4.74 Å². The van der Waals surface area contributed by atoms with Gasteiger partial charge in [0, 0.05) is 17.2 Å². The monoisotopic (exact) mass is 357 g/mol. The lowest BCUT2D eigenvalue weighted by molar-refractivity contribution is 0.416. The first-order valence-corrected chi connectivity index (χ1v) is 9.52. The third-order valence-corrected chi connectivity index (χ3v) is 5.44. The van der Waals surface area contributed by atoms with Crippen LogP contribution < -0.4 is 4.74 Å². The van der Waals surface area contributed by atoms with Crippen molar-refractivity contribution in [3.63, 3.8) is 0 Å². The predicted molar refractivity (Wildman–Crippen MR) is 101 cm³/mol. The highest BCUT2D eigenvalue weighted by atomic mass is 32.2. The normalized spacial score (nSPS) is 10.7. The van der Waals surface area contributed by atoms with Gasteiger partial charge in [-0.3, -0.25) is 4.57 Å². The van der Waals surface area contributed by atoms with Crippen molar-refractivity contribution >= 4 is 23.1 Å². The second-order valence-corrected chi connectivity index (χ2v) is 7.18. The minimum absolute atomic E-state index is 0.668. The van der Waals surface area contributed by atoms with E-state index in [1.807, 2.05) is 30.3 Å². The molecule has 0 unspecified atom stereocenters. The molecule has 3 aromatic rings. The summed E-state index contributed by atoms with van der Waals surface area (Å²) in [7, 11) is 1.67. The SMILES string of the molecule is C=CCn1c(SCCc2cccs2)nnc1-c1ccccc1OC. The first-order chi connectivity index (χ1) is 11.8. The molecule has 124 valence electrons. The molecule has 0 saturated heterocycles. The number of aryl methyl sites for hydroxylation is 1. The third-order valence-electron chi connectivity index (χ3n) is 3.54. The molecule has 2 aromatic heterocycles. The predicted octanol–water partition coefficient (Wildman–Crippen LogP) is 4.54. The van der Waals surface area contributed by atoms with Gasteiger partial charge in [0.25, 0.3) is 0 Å². The molecule has 0 spiro atoms. The van der Waals surface area contributed by atoms with Gasteiger partial charge in [-0.1, -0.05) is 36.0 Å². The van der Waals surface area contributed by atoms with E-state index < -0.39 is 0 Å². The highest BCUT2D eigenvalue weighted by molar-refractivity contribution is 7.99. The number of rotatable bonds is 8. The second-order valence-electron chi connectivity index (χ2n) is 5.08. The molecular formula is C18H19N3OS2. The second kappa shape index (κ2) is 8.17. The van der Waals surface area contributed by atoms with Gasteiger partial charge in [-0.2, -0.15) is 0 Å². The number of thioether (sulfide) groups is 1. The number of allylic oxidation sites excluding steroid dienone is 1. The molecule has 2 heterocycles. The Balaban J connectivity index is 1.83. The quantitative estimate of drug-likeness (QED) is 0.438. The minimum Gasteiger partial charge on any atom is -0.496 e. The van der Waals surface area contributed by atoms with Gasteiger partial charge in [0.1, 0.15) is 5.75 Å². The van der Waals surface area contributed by atoms with Crippen LogP contribution in [-0.4, -0.2) is 27.6 Å². The summed E-state index contributed by atoms with van der Waals surface area (Å²) >= 11 is 3.51. The molecule has 4 nitrogen and oxygen atoms in total. The zero-order valence-electron chi connectivity index (χ0n) is 13.5. The van der Waals surface area contributed by atoms with Crippen LogP contribution in [0.25, 0.3) is 11.4 Å². The number of nitrogens with zero attached hydrogens (tertiary/aromatic N) is 3. The smallest absolute Gasteiger partial charge is 0.191 e. The molecule has 24 heavy (non-hydrogen) atoms. The molecular weight excluding hydrogens is 338 g/mol. The number of methoxy groups -OCH3 is 1. The fourth-order valence-electron chi connectivity index (χ4n) is 2.42. The summed E-state index contributed by atoms with van der Waals surface area (Å²) in [4.78, 5) is 1.39. The zero-order valence-corrected chi connectivity index (χ0v) is 15.1. The van der Waals surface area contributed by atoms with Crippen molar-refractivity contribution in [1.82, 2.24) is 14.8 Å². The first-order valence-electron chi connectivity index (χ1n) is 7.66. The van der Waals surface area contributed by atoms with Gasteiger partial charge < -0.3 is 4.74 Å². The number of aromatic nitrogens is 3. The lowest BCUT2D eigenvalue weighted by atomic mass is 10.2. The van der Waals surface area contributed by atoms with E-state index in [1.54, 1.807) is 30.2 Å². The summed E-state index contributed by atoms with van der Waals surface area (Å²) in [5, 5.41) is 11.8. The lowest BCUT2D eigenvalue weighted by Gasteiger charge is -2.10. The molecule has 0 atom stereocenters. The molecule has 0 radical (unpaired) electrons. The Bertz CT molecular complexity index is 796. The highest BCUT2D eigenvalue weighted by Gasteiger charge is 2.16. The average Bonchev–Trinajstić information content (AvgIpc) is 3.26. The van der Waals surface area contributed by atoms with E-state index in [1.165, 1.54) is 4.88 Å². The van der Waals surface area contributed by atoms with Gasteiger partial charge in [0.15, 0.2) is 11.0 Å². The molecule has 0 aliphatic rings. The fraction of sp³-hybridized carbons (Fsp3) is 0.222. The van der Waals surface area contributed by atoms with Crippen molar-refractivity contribution in [2.45, 2.75) is 18.1 Å². The van der Waals surface area contributed by atoms with Crippen LogP contribution in [0.1, 0.15) is 4.88 Å². The Morgan fingerprint density at radius 3 is 2.88 bits per heavy atom. The van der Waals surface area contributed by atoms with Crippen LogP contribution in [0, 0.1) is 0 Å². The van der Waals surface area contributed by atoms with Gasteiger partial charge in [-0.25, -0.2) is 0 Å². The fourth-order valence-corrected chi connectivity index (χ4v) is 4.17. The zero-order chi connectivity index (χ0) is 16.8. The van der Waals surface area contributed by atoms with E-state index in [0.29, 0.717) is 6.54 Å². The van der Waals surface area contributed by atoms with Crippen LogP contribution >= 0.6 is 23.1 Å². The minimum atomic E-state index is 0.668. The molecule has 0 fully saturated rings. The van der Waals surface area contributed by atoms with Gasteiger partial charge in [0.05, 0.1) is 12.7 Å². The van der Waals surface area contributed by atoms with Crippen molar-refractivity contribution in [3.05, 3.63) is 59.3 Å². The van der Waals surface area contributed by atoms with Crippen molar-refractivity contribution in [3.8, 4) is 17.1 Å². The summed E-state index contributed by atoms with van der Waals surface area (Å²) in [5.74, 6) is 2.58. The van der Waals surface area contributed by atoms with Crippen molar-refractivity contribution in [1.29, 1.82) is 0 Å². The third kappa shape index (κ3) is 3.71. The standard InChI is InChI=1S/C18H19N3OS2/c1-3-11-21-17(15-8-4-5-9-16(15)22-2)19-20-18(21)24-13-10-14-7-6-12-23-14/h3-9,12H,1,10-11,13H2,2H3. The van der Waals surface area contributed by atoms with Crippen LogP contribution in [0.2, 0.25) is 0 Å². The maximum atomic E-state index is 5.46. The maximum Gasteiger partial charge on any atom is 0.191 e. The molecule has 0 saturated carbocycles. The number of ether oxygens (including phenoxy) is 1. The molecule has 6 heteroatoms. The van der Waals surface area contributed by atoms with Crippen LogP contribution in [0.4, 0.5) is 0 Å². The van der Waals surface area contributed by atoms with E-state index in [4.69, 9.17) is 4.74 Å². The number of thiophene rings is 1. The number of hydrogen-bond donors (Lipinski definition) is 0. The Morgan fingerprint density at radius 1 is 1.25 bits per heavy atom. The molecule has 0 amide bonds. The Hall–Kier alpha value is -2.05. The largest absolute Gasteiger partial charge is 0.496 e. The maximum absolute atomic E-state index is 5.46. The molecule has 0 aliphatic heterocycles. The van der Waals surface area contributed by atoms with Crippen LogP contribution in [0.5, 0.6) is 5.75 Å². The lowest BCUT2D eigenvalue weighted by Crippen LogP contribution is -2.02.